The highest BCUT2D eigenvalue weighted by molar-refractivity contribution is 7.09. The molecule has 1 aromatic carbocycles. The summed E-state index contributed by atoms with van der Waals surface area (Å²) in [5.74, 6) is -0.873. The van der Waals surface area contributed by atoms with Gasteiger partial charge >= 0.3 is 5.97 Å². The van der Waals surface area contributed by atoms with E-state index in [0.717, 1.165) is 10.6 Å². The number of rotatable bonds is 7. The number of thiazole rings is 1. The number of nitrogens with one attached hydrogen (secondary N) is 1. The lowest BCUT2D eigenvalue weighted by Gasteiger charge is -2.06. The van der Waals surface area contributed by atoms with E-state index in [1.54, 1.807) is 31.2 Å². The molecule has 1 amide bonds. The standard InChI is InChI=1S/C16H17N3O4S/c1-10(12-4-3-5-14(6-12)23-8-16(21)22)18-19-15(20)7-13-9-24-11(2)17-13/h3-6,9H,7-8H2,1-2H3,(H,19,20)(H,21,22)/b18-10-. The van der Waals surface area contributed by atoms with Gasteiger partial charge in [0, 0.05) is 10.9 Å². The first kappa shape index (κ1) is 17.6. The van der Waals surface area contributed by atoms with Crippen molar-refractivity contribution in [3.8, 4) is 5.75 Å². The third-order valence-corrected chi connectivity index (χ3v) is 3.79. The lowest BCUT2D eigenvalue weighted by atomic mass is 10.1. The molecule has 0 fully saturated rings. The van der Waals surface area contributed by atoms with Crippen LogP contribution in [0.1, 0.15) is 23.2 Å². The Morgan fingerprint density at radius 3 is 2.88 bits per heavy atom. The number of aliphatic carboxylic acids is 1. The maximum atomic E-state index is 11.9. The molecule has 126 valence electrons. The highest BCUT2D eigenvalue weighted by atomic mass is 32.1. The van der Waals surface area contributed by atoms with Crippen LogP contribution in [-0.4, -0.2) is 34.3 Å². The van der Waals surface area contributed by atoms with Gasteiger partial charge in [-0.15, -0.1) is 11.3 Å². The number of aromatic nitrogens is 1. The maximum absolute atomic E-state index is 11.9. The smallest absolute Gasteiger partial charge is 0.341 e. The van der Waals surface area contributed by atoms with E-state index >= 15 is 0 Å². The number of hydrogen-bond donors (Lipinski definition) is 2. The number of hydrogen-bond acceptors (Lipinski definition) is 6. The Labute approximate surface area is 143 Å². The van der Waals surface area contributed by atoms with Gasteiger partial charge in [-0.1, -0.05) is 12.1 Å². The summed E-state index contributed by atoms with van der Waals surface area (Å²) in [7, 11) is 0. The van der Waals surface area contributed by atoms with Gasteiger partial charge in [-0.3, -0.25) is 4.79 Å². The lowest BCUT2D eigenvalue weighted by Crippen LogP contribution is -2.21. The van der Waals surface area contributed by atoms with Crippen molar-refractivity contribution < 1.29 is 19.4 Å². The minimum atomic E-state index is -1.05. The molecule has 1 aromatic heterocycles. The molecule has 0 radical (unpaired) electrons. The lowest BCUT2D eigenvalue weighted by molar-refractivity contribution is -0.139. The molecule has 2 rings (SSSR count). The fourth-order valence-electron chi connectivity index (χ4n) is 1.86. The van der Waals surface area contributed by atoms with Crippen molar-refractivity contribution >= 4 is 28.9 Å². The van der Waals surface area contributed by atoms with E-state index in [2.05, 4.69) is 15.5 Å². The molecule has 0 unspecified atom stereocenters. The number of aryl methyl sites for hydroxylation is 1. The first-order valence-electron chi connectivity index (χ1n) is 7.13. The zero-order valence-electron chi connectivity index (χ0n) is 13.3. The fraction of sp³-hybridized carbons (Fsp3) is 0.250. The Kier molecular flexibility index (Phi) is 6.02. The number of hydrazone groups is 1. The SMILES string of the molecule is C/C(=N/NC(=O)Cc1csc(C)n1)c1cccc(OCC(=O)O)c1. The molecule has 0 atom stereocenters. The van der Waals surface area contributed by atoms with E-state index in [1.807, 2.05) is 12.3 Å². The van der Waals surface area contributed by atoms with Gasteiger partial charge in [0.2, 0.25) is 5.91 Å². The van der Waals surface area contributed by atoms with Gasteiger partial charge in [0.1, 0.15) is 5.75 Å². The summed E-state index contributed by atoms with van der Waals surface area (Å²) in [6.07, 6.45) is 0.170. The van der Waals surface area contributed by atoms with Crippen molar-refractivity contribution in [2.24, 2.45) is 5.10 Å². The van der Waals surface area contributed by atoms with Crippen molar-refractivity contribution in [3.63, 3.8) is 0 Å². The first-order chi connectivity index (χ1) is 11.4. The van der Waals surface area contributed by atoms with E-state index in [0.29, 0.717) is 17.2 Å². The molecule has 0 spiro atoms. The highest BCUT2D eigenvalue weighted by Gasteiger charge is 2.07. The van der Waals surface area contributed by atoms with E-state index in [4.69, 9.17) is 9.84 Å². The summed E-state index contributed by atoms with van der Waals surface area (Å²) in [4.78, 5) is 26.6. The van der Waals surface area contributed by atoms with Crippen LogP contribution >= 0.6 is 11.3 Å². The van der Waals surface area contributed by atoms with Crippen LogP contribution in [0.25, 0.3) is 0 Å². The Bertz CT molecular complexity index is 770. The van der Waals surface area contributed by atoms with Crippen LogP contribution < -0.4 is 10.2 Å². The van der Waals surface area contributed by atoms with Crippen LogP contribution in [0, 0.1) is 6.92 Å². The van der Waals surface area contributed by atoms with Crippen molar-refractivity contribution in [3.05, 3.63) is 45.9 Å². The average Bonchev–Trinajstić information content (AvgIpc) is 2.95. The molecule has 7 nitrogen and oxygen atoms in total. The van der Waals surface area contributed by atoms with Crippen LogP contribution in [-0.2, 0) is 16.0 Å². The topological polar surface area (TPSA) is 101 Å². The van der Waals surface area contributed by atoms with Gasteiger partial charge in [0.15, 0.2) is 6.61 Å². The zero-order chi connectivity index (χ0) is 17.5. The monoisotopic (exact) mass is 347 g/mol. The first-order valence-corrected chi connectivity index (χ1v) is 8.01. The quantitative estimate of drug-likeness (QED) is 0.589. The molecule has 1 heterocycles. The predicted molar refractivity (Wildman–Crippen MR) is 90.5 cm³/mol. The van der Waals surface area contributed by atoms with Crippen LogP contribution in [0.4, 0.5) is 0 Å². The number of benzene rings is 1. The molecule has 0 aliphatic heterocycles. The number of carbonyl (C=O) groups excluding carboxylic acids is 1. The molecule has 0 saturated heterocycles. The van der Waals surface area contributed by atoms with Gasteiger partial charge in [0.05, 0.1) is 22.8 Å². The molecule has 2 N–H and O–H groups in total. The molecule has 0 saturated carbocycles. The second-order valence-electron chi connectivity index (χ2n) is 4.98. The van der Waals surface area contributed by atoms with Crippen LogP contribution in [0.2, 0.25) is 0 Å². The predicted octanol–water partition coefficient (Wildman–Crippen LogP) is 2.00. The van der Waals surface area contributed by atoms with E-state index in [9.17, 15) is 9.59 Å². The van der Waals surface area contributed by atoms with Crippen LogP contribution in [0.5, 0.6) is 5.75 Å². The molecule has 24 heavy (non-hydrogen) atoms. The van der Waals surface area contributed by atoms with E-state index in [1.165, 1.54) is 11.3 Å². The van der Waals surface area contributed by atoms with Crippen molar-refractivity contribution in [2.45, 2.75) is 20.3 Å². The minimum absolute atomic E-state index is 0.170. The fourth-order valence-corrected chi connectivity index (χ4v) is 2.47. The Balaban J connectivity index is 1.95. The van der Waals surface area contributed by atoms with Gasteiger partial charge in [-0.25, -0.2) is 15.2 Å². The van der Waals surface area contributed by atoms with E-state index < -0.39 is 12.6 Å². The molecule has 0 bridgehead atoms. The largest absolute Gasteiger partial charge is 0.482 e. The molecular formula is C16H17N3O4S. The summed E-state index contributed by atoms with van der Waals surface area (Å²) >= 11 is 1.49. The minimum Gasteiger partial charge on any atom is -0.482 e. The van der Waals surface area contributed by atoms with Crippen molar-refractivity contribution in [1.82, 2.24) is 10.4 Å². The Morgan fingerprint density at radius 1 is 1.42 bits per heavy atom. The zero-order valence-corrected chi connectivity index (χ0v) is 14.1. The number of ether oxygens (including phenoxy) is 1. The number of carboxylic acid groups (broad SMARTS) is 1. The Morgan fingerprint density at radius 2 is 2.21 bits per heavy atom. The highest BCUT2D eigenvalue weighted by Crippen LogP contribution is 2.14. The summed E-state index contributed by atoms with van der Waals surface area (Å²) in [6.45, 7) is 3.21. The number of amides is 1. The third-order valence-electron chi connectivity index (χ3n) is 2.97. The second kappa shape index (κ2) is 8.21. The molecular weight excluding hydrogens is 330 g/mol. The number of carboxylic acids is 1. The van der Waals surface area contributed by atoms with Gasteiger partial charge in [-0.2, -0.15) is 5.10 Å². The molecule has 0 aliphatic rings. The van der Waals surface area contributed by atoms with Crippen molar-refractivity contribution in [1.29, 1.82) is 0 Å². The van der Waals surface area contributed by atoms with Crippen molar-refractivity contribution in [2.75, 3.05) is 6.61 Å². The summed E-state index contributed by atoms with van der Waals surface area (Å²) in [5, 5.41) is 15.4. The molecule has 0 aliphatic carbocycles. The molecule has 2 aromatic rings. The van der Waals surface area contributed by atoms with Gasteiger partial charge < -0.3 is 9.84 Å². The summed E-state index contributed by atoms with van der Waals surface area (Å²) in [5.41, 5.74) is 4.51. The second-order valence-corrected chi connectivity index (χ2v) is 6.04. The summed E-state index contributed by atoms with van der Waals surface area (Å²) in [6, 6.07) is 6.84. The van der Waals surface area contributed by atoms with E-state index in [-0.39, 0.29) is 12.3 Å². The van der Waals surface area contributed by atoms with Crippen LogP contribution in [0.3, 0.4) is 0 Å². The van der Waals surface area contributed by atoms with Crippen LogP contribution in [0.15, 0.2) is 34.7 Å². The third kappa shape index (κ3) is 5.47. The normalized spacial score (nSPS) is 11.2. The van der Waals surface area contributed by atoms with Gasteiger partial charge in [-0.05, 0) is 26.0 Å². The average molecular weight is 347 g/mol. The number of carbonyl (C=O) groups is 2. The molecule has 8 heteroatoms. The number of nitrogens with zero attached hydrogens (tertiary/aromatic N) is 2. The van der Waals surface area contributed by atoms with Gasteiger partial charge in [0.25, 0.3) is 0 Å². The summed E-state index contributed by atoms with van der Waals surface area (Å²) < 4.78 is 5.12. The maximum Gasteiger partial charge on any atom is 0.341 e. The Hall–Kier alpha value is -2.74.